The zero-order valence-electron chi connectivity index (χ0n) is 16.7. The highest BCUT2D eigenvalue weighted by molar-refractivity contribution is 5.97. The predicted molar refractivity (Wildman–Crippen MR) is 114 cm³/mol. The number of methoxy groups -OCH3 is 1. The summed E-state index contributed by atoms with van der Waals surface area (Å²) >= 11 is 0. The van der Waals surface area contributed by atoms with Crippen molar-refractivity contribution in [1.82, 2.24) is 19.7 Å². The smallest absolute Gasteiger partial charge is 0.281 e. The van der Waals surface area contributed by atoms with Gasteiger partial charge in [-0.3, -0.25) is 9.78 Å². The zero-order valence-corrected chi connectivity index (χ0v) is 16.7. The molecule has 0 unspecified atom stereocenters. The number of aryl methyl sites for hydroxylation is 1. The molecule has 0 aliphatic heterocycles. The summed E-state index contributed by atoms with van der Waals surface area (Å²) in [7, 11) is 1.63. The number of nitrogens with one attached hydrogen (secondary N) is 1. The van der Waals surface area contributed by atoms with Gasteiger partial charge in [-0.15, -0.1) is 5.10 Å². The molecule has 7 heteroatoms. The van der Waals surface area contributed by atoms with Gasteiger partial charge >= 0.3 is 0 Å². The third kappa shape index (κ3) is 4.20. The summed E-state index contributed by atoms with van der Waals surface area (Å²) in [5, 5.41) is 7.69. The van der Waals surface area contributed by atoms with Crippen molar-refractivity contribution >= 4 is 11.9 Å². The Morgan fingerprint density at radius 2 is 1.93 bits per heavy atom. The summed E-state index contributed by atoms with van der Waals surface area (Å²) in [6, 6.07) is 18.8. The lowest BCUT2D eigenvalue weighted by Gasteiger charge is -2.08. The maximum absolute atomic E-state index is 13.1. The average Bonchev–Trinajstić information content (AvgIpc) is 3.22. The van der Waals surface area contributed by atoms with Crippen LogP contribution in [-0.2, 0) is 6.54 Å². The first-order valence-electron chi connectivity index (χ1n) is 9.49. The zero-order chi connectivity index (χ0) is 20.9. The Morgan fingerprint density at radius 1 is 1.10 bits per heavy atom. The Hall–Kier alpha value is -4.00. The van der Waals surface area contributed by atoms with Gasteiger partial charge < -0.3 is 10.1 Å². The van der Waals surface area contributed by atoms with Crippen LogP contribution in [0.2, 0.25) is 0 Å². The normalized spacial score (nSPS) is 10.6. The van der Waals surface area contributed by atoms with Gasteiger partial charge in [-0.2, -0.15) is 9.67 Å². The number of hydrogen-bond acceptors (Lipinski definition) is 6. The van der Waals surface area contributed by atoms with Gasteiger partial charge in [0.05, 0.1) is 7.11 Å². The van der Waals surface area contributed by atoms with Gasteiger partial charge in [0.1, 0.15) is 5.75 Å². The Morgan fingerprint density at radius 3 is 2.63 bits per heavy atom. The standard InChI is InChI=1S/C23H21N5O2/c1-16-5-3-6-18(13-16)22(29)28-23(25-14-17-8-10-20(30-2)11-9-17)26-21(27-28)19-7-4-12-24-15-19/h3-13,15H,14H2,1-2H3,(H,25,26,27). The fraction of sp³-hybridized carbons (Fsp3) is 0.130. The van der Waals surface area contributed by atoms with E-state index in [4.69, 9.17) is 4.74 Å². The first-order chi connectivity index (χ1) is 14.6. The highest BCUT2D eigenvalue weighted by atomic mass is 16.5. The van der Waals surface area contributed by atoms with E-state index in [2.05, 4.69) is 20.4 Å². The quantitative estimate of drug-likeness (QED) is 0.529. The van der Waals surface area contributed by atoms with Crippen molar-refractivity contribution in [2.75, 3.05) is 12.4 Å². The Balaban J connectivity index is 1.66. The maximum atomic E-state index is 13.1. The second kappa shape index (κ2) is 8.57. The Labute approximate surface area is 174 Å². The van der Waals surface area contributed by atoms with Crippen LogP contribution in [0.1, 0.15) is 21.5 Å². The van der Waals surface area contributed by atoms with Crippen LogP contribution in [-0.4, -0.2) is 32.8 Å². The molecule has 1 N–H and O–H groups in total. The van der Waals surface area contributed by atoms with Crippen LogP contribution in [0.5, 0.6) is 5.75 Å². The number of pyridine rings is 1. The number of benzene rings is 2. The number of nitrogens with zero attached hydrogens (tertiary/aromatic N) is 4. The molecule has 0 aliphatic carbocycles. The molecule has 0 amide bonds. The fourth-order valence-corrected chi connectivity index (χ4v) is 3.01. The molecule has 2 aromatic carbocycles. The minimum absolute atomic E-state index is 0.251. The van der Waals surface area contributed by atoms with Crippen LogP contribution in [0.4, 0.5) is 5.95 Å². The number of aromatic nitrogens is 4. The molecule has 2 aromatic heterocycles. The van der Waals surface area contributed by atoms with Crippen molar-refractivity contribution < 1.29 is 9.53 Å². The summed E-state index contributed by atoms with van der Waals surface area (Å²) in [5.74, 6) is 1.34. The SMILES string of the molecule is COc1ccc(CNc2nc(-c3cccnc3)nn2C(=O)c2cccc(C)c2)cc1. The lowest BCUT2D eigenvalue weighted by molar-refractivity contribution is 0.0947. The number of hydrogen-bond donors (Lipinski definition) is 1. The largest absolute Gasteiger partial charge is 0.497 e. The van der Waals surface area contributed by atoms with Crippen molar-refractivity contribution in [3.63, 3.8) is 0 Å². The lowest BCUT2D eigenvalue weighted by atomic mass is 10.1. The molecule has 4 rings (SSSR count). The van der Waals surface area contributed by atoms with Crippen LogP contribution in [0, 0.1) is 6.92 Å². The van der Waals surface area contributed by atoms with Gasteiger partial charge in [0.25, 0.3) is 5.91 Å². The number of anilines is 1. The predicted octanol–water partition coefficient (Wildman–Crippen LogP) is 3.96. The second-order valence-electron chi connectivity index (χ2n) is 6.79. The number of carbonyl (C=O) groups is 1. The maximum Gasteiger partial charge on any atom is 0.281 e. The molecule has 30 heavy (non-hydrogen) atoms. The minimum atomic E-state index is -0.251. The number of carbonyl (C=O) groups excluding carboxylic acids is 1. The summed E-state index contributed by atoms with van der Waals surface area (Å²) in [6.07, 6.45) is 3.35. The van der Waals surface area contributed by atoms with Gasteiger partial charge in [-0.25, -0.2) is 0 Å². The summed E-state index contributed by atoms with van der Waals surface area (Å²) in [4.78, 5) is 21.8. The van der Waals surface area contributed by atoms with E-state index in [1.165, 1.54) is 4.68 Å². The number of ether oxygens (including phenoxy) is 1. The van der Waals surface area contributed by atoms with Crippen molar-refractivity contribution in [2.24, 2.45) is 0 Å². The first-order valence-corrected chi connectivity index (χ1v) is 9.49. The Bertz CT molecular complexity index is 1150. The molecule has 0 aliphatic rings. The monoisotopic (exact) mass is 399 g/mol. The van der Waals surface area contributed by atoms with E-state index in [-0.39, 0.29) is 5.91 Å². The van der Waals surface area contributed by atoms with E-state index in [0.717, 1.165) is 22.4 Å². The molecule has 0 radical (unpaired) electrons. The van der Waals surface area contributed by atoms with Crippen LogP contribution in [0.15, 0.2) is 73.1 Å². The molecule has 4 aromatic rings. The highest BCUT2D eigenvalue weighted by Gasteiger charge is 2.19. The summed E-state index contributed by atoms with van der Waals surface area (Å²) in [5.41, 5.74) is 3.31. The van der Waals surface area contributed by atoms with Crippen molar-refractivity contribution in [2.45, 2.75) is 13.5 Å². The first kappa shape index (κ1) is 19.3. The summed E-state index contributed by atoms with van der Waals surface area (Å²) < 4.78 is 6.50. The summed E-state index contributed by atoms with van der Waals surface area (Å²) in [6.45, 7) is 2.43. The molecule has 150 valence electrons. The van der Waals surface area contributed by atoms with Gasteiger partial charge in [0, 0.05) is 30.1 Å². The molecule has 2 heterocycles. The molecule has 0 fully saturated rings. The highest BCUT2D eigenvalue weighted by Crippen LogP contribution is 2.19. The van der Waals surface area contributed by atoms with E-state index in [9.17, 15) is 4.79 Å². The van der Waals surface area contributed by atoms with Crippen molar-refractivity contribution in [3.8, 4) is 17.1 Å². The van der Waals surface area contributed by atoms with E-state index < -0.39 is 0 Å². The molecular weight excluding hydrogens is 378 g/mol. The van der Waals surface area contributed by atoms with Crippen LogP contribution < -0.4 is 10.1 Å². The molecule has 0 bridgehead atoms. The van der Waals surface area contributed by atoms with Crippen LogP contribution in [0.25, 0.3) is 11.4 Å². The molecule has 7 nitrogen and oxygen atoms in total. The minimum Gasteiger partial charge on any atom is -0.497 e. The lowest BCUT2D eigenvalue weighted by Crippen LogP contribution is -2.17. The molecular formula is C23H21N5O2. The van der Waals surface area contributed by atoms with E-state index >= 15 is 0 Å². The van der Waals surface area contributed by atoms with Gasteiger partial charge in [0.15, 0.2) is 5.82 Å². The molecule has 0 atom stereocenters. The third-order valence-corrected chi connectivity index (χ3v) is 4.59. The van der Waals surface area contributed by atoms with Gasteiger partial charge in [-0.05, 0) is 48.9 Å². The molecule has 0 spiro atoms. The topological polar surface area (TPSA) is 81.9 Å². The number of rotatable bonds is 6. The average molecular weight is 399 g/mol. The van der Waals surface area contributed by atoms with E-state index in [1.807, 2.05) is 61.5 Å². The second-order valence-corrected chi connectivity index (χ2v) is 6.79. The van der Waals surface area contributed by atoms with Gasteiger partial charge in [0.2, 0.25) is 5.95 Å². The Kier molecular flexibility index (Phi) is 5.52. The van der Waals surface area contributed by atoms with Crippen molar-refractivity contribution in [3.05, 3.63) is 89.7 Å². The third-order valence-electron chi connectivity index (χ3n) is 4.59. The molecule has 0 saturated heterocycles. The van der Waals surface area contributed by atoms with Crippen molar-refractivity contribution in [1.29, 1.82) is 0 Å². The van der Waals surface area contributed by atoms with Crippen LogP contribution >= 0.6 is 0 Å². The molecule has 0 saturated carbocycles. The van der Waals surface area contributed by atoms with Crippen LogP contribution in [0.3, 0.4) is 0 Å². The van der Waals surface area contributed by atoms with E-state index in [1.54, 1.807) is 25.6 Å². The van der Waals surface area contributed by atoms with E-state index in [0.29, 0.717) is 23.9 Å². The van der Waals surface area contributed by atoms with Gasteiger partial charge in [-0.1, -0.05) is 29.8 Å². The fourth-order valence-electron chi connectivity index (χ4n) is 3.01.